The smallest absolute Gasteiger partial charge is 0.253 e. The van der Waals surface area contributed by atoms with Gasteiger partial charge in [-0.15, -0.1) is 11.8 Å². The molecule has 1 aliphatic rings. The van der Waals surface area contributed by atoms with Gasteiger partial charge in [0, 0.05) is 18.3 Å². The van der Waals surface area contributed by atoms with E-state index >= 15 is 0 Å². The molecule has 3 rings (SSSR count). The highest BCUT2D eigenvalue weighted by Gasteiger charge is 2.25. The summed E-state index contributed by atoms with van der Waals surface area (Å²) in [5.41, 5.74) is 4.14. The van der Waals surface area contributed by atoms with Crippen LogP contribution in [0.15, 0.2) is 60.0 Å². The van der Waals surface area contributed by atoms with E-state index in [2.05, 4.69) is 34.9 Å². The first-order valence-electron chi connectivity index (χ1n) is 9.09. The Morgan fingerprint density at radius 3 is 2.69 bits per heavy atom. The van der Waals surface area contributed by atoms with E-state index in [1.165, 1.54) is 24.0 Å². The molecule has 0 spiro atoms. The predicted octanol–water partition coefficient (Wildman–Crippen LogP) is 5.17. The molecular formula is C22H26N2OS. The van der Waals surface area contributed by atoms with Gasteiger partial charge in [-0.2, -0.15) is 0 Å². The molecule has 2 N–H and O–H groups in total. The third kappa shape index (κ3) is 5.15. The van der Waals surface area contributed by atoms with E-state index in [0.717, 1.165) is 5.69 Å². The zero-order valence-electron chi connectivity index (χ0n) is 15.4. The third-order valence-corrected chi connectivity index (χ3v) is 4.95. The molecule has 1 aliphatic carbocycles. The number of benzene rings is 2. The number of thioether (sulfide) groups is 1. The molecule has 26 heavy (non-hydrogen) atoms. The lowest BCUT2D eigenvalue weighted by Gasteiger charge is -2.16. The largest absolute Gasteiger partial charge is 0.380 e. The van der Waals surface area contributed by atoms with Gasteiger partial charge in [0.25, 0.3) is 5.91 Å². The molecule has 0 saturated heterocycles. The standard InChI is InChI=1S/C22H26N2OS/c1-16(12-13-26-2)24-22(25)20-11-10-19(18-8-9-18)14-21(20)23-15-17-6-4-3-5-7-17/h3-7,10-14,16,18,23H,8-9,15H2,1-2H3,(H,24,25)/b13-12+. The number of amides is 1. The summed E-state index contributed by atoms with van der Waals surface area (Å²) in [4.78, 5) is 12.8. The Hall–Kier alpha value is -2.20. The fourth-order valence-corrected chi connectivity index (χ4v) is 3.29. The van der Waals surface area contributed by atoms with Crippen molar-refractivity contribution in [1.82, 2.24) is 5.32 Å². The van der Waals surface area contributed by atoms with Crippen LogP contribution in [0.3, 0.4) is 0 Å². The second-order valence-electron chi connectivity index (χ2n) is 6.74. The molecular weight excluding hydrogens is 340 g/mol. The van der Waals surface area contributed by atoms with Crippen LogP contribution in [0.25, 0.3) is 0 Å². The summed E-state index contributed by atoms with van der Waals surface area (Å²) in [5.74, 6) is 0.619. The minimum absolute atomic E-state index is 0.0000296. The van der Waals surface area contributed by atoms with Crippen molar-refractivity contribution in [2.45, 2.75) is 38.3 Å². The number of carbonyl (C=O) groups is 1. The topological polar surface area (TPSA) is 41.1 Å². The monoisotopic (exact) mass is 366 g/mol. The molecule has 1 amide bonds. The van der Waals surface area contributed by atoms with Crippen molar-refractivity contribution in [2.24, 2.45) is 0 Å². The van der Waals surface area contributed by atoms with Crippen molar-refractivity contribution >= 4 is 23.4 Å². The maximum atomic E-state index is 12.8. The average Bonchev–Trinajstić information content (AvgIpc) is 3.50. The summed E-state index contributed by atoms with van der Waals surface area (Å²) in [7, 11) is 0. The van der Waals surface area contributed by atoms with Gasteiger partial charge in [0.2, 0.25) is 0 Å². The van der Waals surface area contributed by atoms with Gasteiger partial charge in [0.05, 0.1) is 5.56 Å². The Bertz CT molecular complexity index is 769. The zero-order chi connectivity index (χ0) is 18.4. The molecule has 2 aromatic rings. The summed E-state index contributed by atoms with van der Waals surface area (Å²) in [6.45, 7) is 2.69. The highest BCUT2D eigenvalue weighted by atomic mass is 32.2. The second-order valence-corrected chi connectivity index (χ2v) is 7.49. The van der Waals surface area contributed by atoms with E-state index < -0.39 is 0 Å². The normalized spacial score (nSPS) is 15.0. The van der Waals surface area contributed by atoms with E-state index in [4.69, 9.17) is 0 Å². The Kier molecular flexibility index (Phi) is 6.40. The summed E-state index contributed by atoms with van der Waals surface area (Å²) in [5, 5.41) is 8.52. The first kappa shape index (κ1) is 18.6. The van der Waals surface area contributed by atoms with Crippen LogP contribution in [0.4, 0.5) is 5.69 Å². The summed E-state index contributed by atoms with van der Waals surface area (Å²) in [6, 6.07) is 16.5. The molecule has 0 heterocycles. The van der Waals surface area contributed by atoms with Gasteiger partial charge in [0.1, 0.15) is 0 Å². The third-order valence-electron chi connectivity index (χ3n) is 4.52. The van der Waals surface area contributed by atoms with E-state index in [9.17, 15) is 4.79 Å². The van der Waals surface area contributed by atoms with Crippen molar-refractivity contribution < 1.29 is 4.79 Å². The molecule has 4 heteroatoms. The van der Waals surface area contributed by atoms with Gasteiger partial charge in [-0.1, -0.05) is 42.5 Å². The highest BCUT2D eigenvalue weighted by Crippen LogP contribution is 2.41. The van der Waals surface area contributed by atoms with Crippen LogP contribution in [0.2, 0.25) is 0 Å². The Balaban J connectivity index is 1.76. The van der Waals surface area contributed by atoms with Crippen LogP contribution in [-0.2, 0) is 6.54 Å². The predicted molar refractivity (Wildman–Crippen MR) is 112 cm³/mol. The Labute approximate surface area is 160 Å². The summed E-state index contributed by atoms with van der Waals surface area (Å²) >= 11 is 1.63. The molecule has 136 valence electrons. The Morgan fingerprint density at radius 1 is 1.23 bits per heavy atom. The maximum absolute atomic E-state index is 12.8. The van der Waals surface area contributed by atoms with E-state index in [1.807, 2.05) is 48.9 Å². The molecule has 0 bridgehead atoms. The lowest BCUT2D eigenvalue weighted by Crippen LogP contribution is -2.31. The van der Waals surface area contributed by atoms with E-state index in [0.29, 0.717) is 18.0 Å². The fourth-order valence-electron chi connectivity index (χ4n) is 2.90. The zero-order valence-corrected chi connectivity index (χ0v) is 16.2. The van der Waals surface area contributed by atoms with Gasteiger partial charge in [-0.05, 0) is 60.6 Å². The number of hydrogen-bond acceptors (Lipinski definition) is 3. The quantitative estimate of drug-likeness (QED) is 0.677. The van der Waals surface area contributed by atoms with Crippen LogP contribution in [0.1, 0.15) is 47.2 Å². The number of anilines is 1. The van der Waals surface area contributed by atoms with E-state index in [-0.39, 0.29) is 11.9 Å². The molecule has 1 saturated carbocycles. The molecule has 1 fully saturated rings. The van der Waals surface area contributed by atoms with Crippen LogP contribution in [-0.4, -0.2) is 18.2 Å². The van der Waals surface area contributed by atoms with Crippen LogP contribution in [0, 0.1) is 0 Å². The van der Waals surface area contributed by atoms with Gasteiger partial charge < -0.3 is 10.6 Å². The minimum atomic E-state index is -0.0406. The molecule has 2 aromatic carbocycles. The van der Waals surface area contributed by atoms with Crippen molar-refractivity contribution in [2.75, 3.05) is 11.6 Å². The molecule has 0 aromatic heterocycles. The summed E-state index contributed by atoms with van der Waals surface area (Å²) in [6.07, 6.45) is 6.51. The number of carbonyl (C=O) groups excluding carboxylic acids is 1. The lowest BCUT2D eigenvalue weighted by molar-refractivity contribution is 0.0947. The van der Waals surface area contributed by atoms with Crippen LogP contribution in [0.5, 0.6) is 0 Å². The van der Waals surface area contributed by atoms with Gasteiger partial charge in [-0.3, -0.25) is 4.79 Å². The SMILES string of the molecule is CS/C=C/C(C)NC(=O)c1ccc(C2CC2)cc1NCc1ccccc1. The van der Waals surface area contributed by atoms with Gasteiger partial charge in [-0.25, -0.2) is 0 Å². The number of hydrogen-bond donors (Lipinski definition) is 2. The second kappa shape index (κ2) is 8.95. The lowest BCUT2D eigenvalue weighted by atomic mass is 10.0. The van der Waals surface area contributed by atoms with Crippen molar-refractivity contribution in [3.63, 3.8) is 0 Å². The van der Waals surface area contributed by atoms with Crippen molar-refractivity contribution in [3.8, 4) is 0 Å². The maximum Gasteiger partial charge on any atom is 0.253 e. The van der Waals surface area contributed by atoms with Crippen LogP contribution >= 0.6 is 11.8 Å². The molecule has 3 nitrogen and oxygen atoms in total. The first-order chi connectivity index (χ1) is 12.7. The molecule has 1 unspecified atom stereocenters. The summed E-state index contributed by atoms with van der Waals surface area (Å²) < 4.78 is 0. The first-order valence-corrected chi connectivity index (χ1v) is 10.4. The fraction of sp³-hybridized carbons (Fsp3) is 0.318. The van der Waals surface area contributed by atoms with E-state index in [1.54, 1.807) is 11.8 Å². The Morgan fingerprint density at radius 2 is 2.00 bits per heavy atom. The van der Waals surface area contributed by atoms with Gasteiger partial charge in [0.15, 0.2) is 0 Å². The molecule has 0 aliphatic heterocycles. The number of rotatable bonds is 8. The highest BCUT2D eigenvalue weighted by molar-refractivity contribution is 8.01. The average molecular weight is 367 g/mol. The van der Waals surface area contributed by atoms with Crippen molar-refractivity contribution in [1.29, 1.82) is 0 Å². The number of nitrogens with one attached hydrogen (secondary N) is 2. The van der Waals surface area contributed by atoms with Crippen LogP contribution < -0.4 is 10.6 Å². The molecule has 1 atom stereocenters. The van der Waals surface area contributed by atoms with Gasteiger partial charge >= 0.3 is 0 Å². The van der Waals surface area contributed by atoms with Crippen molar-refractivity contribution in [3.05, 3.63) is 76.7 Å². The minimum Gasteiger partial charge on any atom is -0.380 e. The molecule has 0 radical (unpaired) electrons.